The van der Waals surface area contributed by atoms with E-state index in [1.54, 1.807) is 0 Å². The number of hydrogen-bond acceptors (Lipinski definition) is 2. The molecule has 0 saturated carbocycles. The molecule has 0 radical (unpaired) electrons. The highest BCUT2D eigenvalue weighted by atomic mass is 15.3. The first-order chi connectivity index (χ1) is 8.84. The van der Waals surface area contributed by atoms with E-state index in [-0.39, 0.29) is 0 Å². The largest absolute Gasteiger partial charge is 0.315 e. The Labute approximate surface area is 108 Å². The summed E-state index contributed by atoms with van der Waals surface area (Å²) in [4.78, 5) is 0. The van der Waals surface area contributed by atoms with Crippen LogP contribution in [0.2, 0.25) is 0 Å². The first-order valence-electron chi connectivity index (χ1n) is 6.65. The fraction of sp³-hybridized carbons (Fsp3) is 0.400. The number of rotatable bonds is 2. The van der Waals surface area contributed by atoms with Gasteiger partial charge in [0, 0.05) is 18.3 Å². The summed E-state index contributed by atoms with van der Waals surface area (Å²) in [6, 6.07) is 10.9. The van der Waals surface area contributed by atoms with Crippen molar-refractivity contribution in [1.82, 2.24) is 15.1 Å². The minimum Gasteiger partial charge on any atom is -0.315 e. The maximum absolute atomic E-state index is 4.54. The van der Waals surface area contributed by atoms with Gasteiger partial charge in [-0.25, -0.2) is 0 Å². The molecule has 1 aliphatic rings. The van der Waals surface area contributed by atoms with Crippen LogP contribution in [-0.4, -0.2) is 22.9 Å². The predicted molar refractivity (Wildman–Crippen MR) is 73.4 cm³/mol. The third-order valence-corrected chi connectivity index (χ3v) is 3.84. The molecular weight excluding hydrogens is 222 g/mol. The molecule has 2 heterocycles. The molecule has 1 aromatic carbocycles. The van der Waals surface area contributed by atoms with Gasteiger partial charge in [-0.05, 0) is 24.4 Å². The smallest absolute Gasteiger partial charge is 0.0669 e. The molecule has 2 unspecified atom stereocenters. The van der Waals surface area contributed by atoms with Crippen LogP contribution in [0, 0.1) is 5.92 Å². The van der Waals surface area contributed by atoms with Gasteiger partial charge in [-0.15, -0.1) is 0 Å². The van der Waals surface area contributed by atoms with Crippen LogP contribution in [0.5, 0.6) is 0 Å². The van der Waals surface area contributed by atoms with Crippen LogP contribution in [0.3, 0.4) is 0 Å². The van der Waals surface area contributed by atoms with Crippen LogP contribution >= 0.6 is 0 Å². The summed E-state index contributed by atoms with van der Waals surface area (Å²) < 4.78 is 2.12. The second-order valence-electron chi connectivity index (χ2n) is 5.11. The molecule has 1 N–H and O–H groups in total. The summed E-state index contributed by atoms with van der Waals surface area (Å²) in [6.45, 7) is 4.47. The van der Waals surface area contributed by atoms with Gasteiger partial charge in [-0.3, -0.25) is 4.68 Å². The average molecular weight is 241 g/mol. The quantitative estimate of drug-likeness (QED) is 0.876. The number of nitrogens with one attached hydrogen (secondary N) is 1. The molecule has 18 heavy (non-hydrogen) atoms. The van der Waals surface area contributed by atoms with Gasteiger partial charge in [0.2, 0.25) is 0 Å². The van der Waals surface area contributed by atoms with Crippen molar-refractivity contribution in [2.45, 2.75) is 19.4 Å². The molecule has 0 spiro atoms. The van der Waals surface area contributed by atoms with E-state index >= 15 is 0 Å². The minimum absolute atomic E-state index is 0.483. The lowest BCUT2D eigenvalue weighted by molar-refractivity contribution is 0.256. The summed E-state index contributed by atoms with van der Waals surface area (Å²) in [5.41, 5.74) is 2.44. The van der Waals surface area contributed by atoms with Crippen molar-refractivity contribution in [2.24, 2.45) is 5.92 Å². The number of benzene rings is 1. The van der Waals surface area contributed by atoms with E-state index in [1.807, 2.05) is 12.3 Å². The van der Waals surface area contributed by atoms with Crippen molar-refractivity contribution in [3.63, 3.8) is 0 Å². The normalized spacial score (nSPS) is 24.1. The van der Waals surface area contributed by atoms with Gasteiger partial charge in [-0.2, -0.15) is 5.10 Å². The number of aromatic nitrogens is 2. The summed E-state index contributed by atoms with van der Waals surface area (Å²) in [5, 5.41) is 8.00. The second-order valence-corrected chi connectivity index (χ2v) is 5.11. The third kappa shape index (κ3) is 2.18. The Kier molecular flexibility index (Phi) is 3.15. The molecule has 3 rings (SSSR count). The topological polar surface area (TPSA) is 29.9 Å². The summed E-state index contributed by atoms with van der Waals surface area (Å²) in [7, 11) is 0. The highest BCUT2D eigenvalue weighted by Gasteiger charge is 2.23. The van der Waals surface area contributed by atoms with Crippen molar-refractivity contribution in [3.8, 4) is 11.1 Å². The van der Waals surface area contributed by atoms with Gasteiger partial charge in [0.05, 0.1) is 12.2 Å². The molecule has 0 amide bonds. The van der Waals surface area contributed by atoms with Crippen molar-refractivity contribution in [3.05, 3.63) is 42.7 Å². The summed E-state index contributed by atoms with van der Waals surface area (Å²) in [5.74, 6) is 0.690. The van der Waals surface area contributed by atoms with E-state index in [9.17, 15) is 0 Å². The zero-order chi connectivity index (χ0) is 12.4. The van der Waals surface area contributed by atoms with Crippen LogP contribution in [0.4, 0.5) is 0 Å². The van der Waals surface area contributed by atoms with Crippen molar-refractivity contribution in [2.75, 3.05) is 13.1 Å². The average Bonchev–Trinajstić information content (AvgIpc) is 2.90. The highest BCUT2D eigenvalue weighted by Crippen LogP contribution is 2.25. The molecule has 2 aromatic rings. The third-order valence-electron chi connectivity index (χ3n) is 3.84. The van der Waals surface area contributed by atoms with Gasteiger partial charge in [0.25, 0.3) is 0 Å². The number of nitrogens with zero attached hydrogens (tertiary/aromatic N) is 2. The Bertz CT molecular complexity index is 503. The monoisotopic (exact) mass is 241 g/mol. The zero-order valence-electron chi connectivity index (χ0n) is 10.7. The van der Waals surface area contributed by atoms with E-state index in [1.165, 1.54) is 17.5 Å². The molecular formula is C15H19N3. The van der Waals surface area contributed by atoms with Crippen molar-refractivity contribution in [1.29, 1.82) is 0 Å². The summed E-state index contributed by atoms with van der Waals surface area (Å²) in [6.07, 6.45) is 5.37. The van der Waals surface area contributed by atoms with E-state index in [2.05, 4.69) is 52.5 Å². The van der Waals surface area contributed by atoms with Gasteiger partial charge in [0.15, 0.2) is 0 Å². The SMILES string of the molecule is CC1CCNCC1n1cc(-c2ccccc2)cn1. The first kappa shape index (κ1) is 11.5. The molecule has 94 valence electrons. The number of hydrogen-bond donors (Lipinski definition) is 1. The van der Waals surface area contributed by atoms with Crippen LogP contribution in [0.15, 0.2) is 42.7 Å². The van der Waals surface area contributed by atoms with E-state index < -0.39 is 0 Å². The van der Waals surface area contributed by atoms with Gasteiger partial charge >= 0.3 is 0 Å². The molecule has 2 atom stereocenters. The lowest BCUT2D eigenvalue weighted by Gasteiger charge is -2.29. The standard InChI is InChI=1S/C15H19N3/c1-12-7-8-16-10-15(12)18-11-14(9-17-18)13-5-3-2-4-6-13/h2-6,9,11-12,15-16H,7-8,10H2,1H3. The Hall–Kier alpha value is -1.61. The van der Waals surface area contributed by atoms with Crippen LogP contribution in [-0.2, 0) is 0 Å². The van der Waals surface area contributed by atoms with Crippen molar-refractivity contribution < 1.29 is 0 Å². The predicted octanol–water partition coefficient (Wildman–Crippen LogP) is 2.72. The lowest BCUT2D eigenvalue weighted by atomic mass is 9.95. The molecule has 1 saturated heterocycles. The zero-order valence-corrected chi connectivity index (χ0v) is 10.7. The Morgan fingerprint density at radius 1 is 1.22 bits per heavy atom. The molecule has 3 nitrogen and oxygen atoms in total. The number of piperidine rings is 1. The Morgan fingerprint density at radius 2 is 2.06 bits per heavy atom. The fourth-order valence-electron chi connectivity index (χ4n) is 2.63. The minimum atomic E-state index is 0.483. The van der Waals surface area contributed by atoms with Crippen LogP contribution in [0.1, 0.15) is 19.4 Å². The maximum atomic E-state index is 4.54. The second kappa shape index (κ2) is 4.94. The fourth-order valence-corrected chi connectivity index (χ4v) is 2.63. The van der Waals surface area contributed by atoms with E-state index in [0.717, 1.165) is 13.1 Å². The Balaban J connectivity index is 1.85. The first-order valence-corrected chi connectivity index (χ1v) is 6.65. The lowest BCUT2D eigenvalue weighted by Crippen LogP contribution is -2.37. The van der Waals surface area contributed by atoms with Crippen LogP contribution in [0.25, 0.3) is 11.1 Å². The summed E-state index contributed by atoms with van der Waals surface area (Å²) >= 11 is 0. The van der Waals surface area contributed by atoms with Gasteiger partial charge < -0.3 is 5.32 Å². The van der Waals surface area contributed by atoms with E-state index in [4.69, 9.17) is 0 Å². The van der Waals surface area contributed by atoms with Crippen LogP contribution < -0.4 is 5.32 Å². The highest BCUT2D eigenvalue weighted by molar-refractivity contribution is 5.61. The maximum Gasteiger partial charge on any atom is 0.0669 e. The Morgan fingerprint density at radius 3 is 2.83 bits per heavy atom. The van der Waals surface area contributed by atoms with Crippen molar-refractivity contribution >= 4 is 0 Å². The molecule has 1 aliphatic heterocycles. The molecule has 3 heteroatoms. The van der Waals surface area contributed by atoms with Gasteiger partial charge in [-0.1, -0.05) is 37.3 Å². The molecule has 1 aromatic heterocycles. The molecule has 1 fully saturated rings. The molecule has 0 aliphatic carbocycles. The van der Waals surface area contributed by atoms with Gasteiger partial charge in [0.1, 0.15) is 0 Å². The molecule has 0 bridgehead atoms. The van der Waals surface area contributed by atoms with E-state index in [0.29, 0.717) is 12.0 Å².